The number of aryl methyl sites for hydroxylation is 2. The van der Waals surface area contributed by atoms with E-state index in [4.69, 9.17) is 5.73 Å². The molecule has 0 spiro atoms. The Bertz CT molecular complexity index is 487. The van der Waals surface area contributed by atoms with Crippen LogP contribution in [0.5, 0.6) is 0 Å². The molecule has 2 aromatic rings. The molecule has 19 heavy (non-hydrogen) atoms. The third-order valence-corrected chi connectivity index (χ3v) is 3.25. The van der Waals surface area contributed by atoms with Gasteiger partial charge in [0, 0.05) is 6.20 Å². The summed E-state index contributed by atoms with van der Waals surface area (Å²) in [5.41, 5.74) is 9.16. The van der Waals surface area contributed by atoms with Crippen molar-refractivity contribution < 1.29 is 0 Å². The Morgan fingerprint density at radius 2 is 1.84 bits per heavy atom. The van der Waals surface area contributed by atoms with Gasteiger partial charge in [0.15, 0.2) is 0 Å². The van der Waals surface area contributed by atoms with Gasteiger partial charge in [-0.25, -0.2) is 4.68 Å². The second kappa shape index (κ2) is 7.04. The number of benzene rings is 1. The molecule has 1 aromatic heterocycles. The predicted molar refractivity (Wildman–Crippen MR) is 76.9 cm³/mol. The third-order valence-electron chi connectivity index (χ3n) is 3.25. The maximum atomic E-state index is 5.48. The minimum absolute atomic E-state index is 0.748. The van der Waals surface area contributed by atoms with Crippen molar-refractivity contribution in [3.63, 3.8) is 0 Å². The van der Waals surface area contributed by atoms with Crippen LogP contribution in [0.25, 0.3) is 0 Å². The first-order chi connectivity index (χ1) is 9.31. The van der Waals surface area contributed by atoms with Crippen molar-refractivity contribution in [2.75, 3.05) is 6.54 Å². The summed E-state index contributed by atoms with van der Waals surface area (Å²) >= 11 is 0. The fourth-order valence-electron chi connectivity index (χ4n) is 2.05. The average molecular weight is 258 g/mol. The van der Waals surface area contributed by atoms with Gasteiger partial charge in [0.05, 0.1) is 12.2 Å². The molecule has 2 N–H and O–H groups in total. The molecular weight excluding hydrogens is 236 g/mol. The van der Waals surface area contributed by atoms with E-state index >= 15 is 0 Å². The third kappa shape index (κ3) is 4.17. The molecule has 0 aliphatic rings. The van der Waals surface area contributed by atoms with Crippen molar-refractivity contribution in [3.8, 4) is 0 Å². The molecular formula is C15H22N4. The number of nitrogens with two attached hydrogens (primary N) is 1. The van der Waals surface area contributed by atoms with Crippen LogP contribution in [0, 0.1) is 0 Å². The van der Waals surface area contributed by atoms with E-state index in [1.807, 2.05) is 10.9 Å². The van der Waals surface area contributed by atoms with Gasteiger partial charge in [-0.1, -0.05) is 36.4 Å². The molecule has 4 heteroatoms. The summed E-state index contributed by atoms with van der Waals surface area (Å²) in [4.78, 5) is 0. The van der Waals surface area contributed by atoms with Crippen LogP contribution in [0.2, 0.25) is 0 Å². The second-order valence-corrected chi connectivity index (χ2v) is 4.82. The SMILES string of the molecule is CCc1ccc(Cn2cc(CCCCN)nn2)cc1. The molecule has 0 unspecified atom stereocenters. The fourth-order valence-corrected chi connectivity index (χ4v) is 2.05. The predicted octanol–water partition coefficient (Wildman–Crippen LogP) is 2.17. The standard InChI is InChI=1S/C15H22N4/c1-2-13-6-8-14(9-7-13)11-19-12-15(17-18-19)5-3-4-10-16/h6-9,12H,2-5,10-11,16H2,1H3. The van der Waals surface area contributed by atoms with Crippen LogP contribution < -0.4 is 5.73 Å². The summed E-state index contributed by atoms with van der Waals surface area (Å²) in [6.45, 7) is 3.70. The highest BCUT2D eigenvalue weighted by Crippen LogP contribution is 2.07. The van der Waals surface area contributed by atoms with E-state index in [0.717, 1.165) is 44.5 Å². The zero-order valence-corrected chi connectivity index (χ0v) is 11.5. The smallest absolute Gasteiger partial charge is 0.0827 e. The van der Waals surface area contributed by atoms with Crippen LogP contribution in [0.1, 0.15) is 36.6 Å². The Balaban J connectivity index is 1.91. The topological polar surface area (TPSA) is 56.7 Å². The zero-order valence-electron chi connectivity index (χ0n) is 11.5. The molecule has 0 saturated carbocycles. The van der Waals surface area contributed by atoms with E-state index in [2.05, 4.69) is 41.5 Å². The minimum Gasteiger partial charge on any atom is -0.330 e. The highest BCUT2D eigenvalue weighted by atomic mass is 15.4. The Hall–Kier alpha value is -1.68. The Labute approximate surface area is 114 Å². The molecule has 0 saturated heterocycles. The lowest BCUT2D eigenvalue weighted by Gasteiger charge is -2.02. The van der Waals surface area contributed by atoms with Crippen molar-refractivity contribution in [3.05, 3.63) is 47.3 Å². The first-order valence-corrected chi connectivity index (χ1v) is 6.98. The van der Waals surface area contributed by atoms with Crippen LogP contribution in [-0.2, 0) is 19.4 Å². The van der Waals surface area contributed by atoms with Gasteiger partial charge < -0.3 is 5.73 Å². The first-order valence-electron chi connectivity index (χ1n) is 6.98. The fraction of sp³-hybridized carbons (Fsp3) is 0.467. The summed E-state index contributed by atoms with van der Waals surface area (Å²) < 4.78 is 1.90. The van der Waals surface area contributed by atoms with Crippen LogP contribution >= 0.6 is 0 Å². The van der Waals surface area contributed by atoms with Gasteiger partial charge in [0.1, 0.15) is 0 Å². The lowest BCUT2D eigenvalue weighted by atomic mass is 10.1. The average Bonchev–Trinajstić information content (AvgIpc) is 2.88. The van der Waals surface area contributed by atoms with Gasteiger partial charge in [-0.05, 0) is 43.4 Å². The molecule has 0 aliphatic heterocycles. The molecule has 1 heterocycles. The van der Waals surface area contributed by atoms with Gasteiger partial charge in [0.2, 0.25) is 0 Å². The van der Waals surface area contributed by atoms with Crippen molar-refractivity contribution in [2.24, 2.45) is 5.73 Å². The van der Waals surface area contributed by atoms with Gasteiger partial charge >= 0.3 is 0 Å². The monoisotopic (exact) mass is 258 g/mol. The quantitative estimate of drug-likeness (QED) is 0.774. The Kier molecular flexibility index (Phi) is 5.10. The number of hydrogen-bond acceptors (Lipinski definition) is 3. The van der Waals surface area contributed by atoms with E-state index in [9.17, 15) is 0 Å². The Morgan fingerprint density at radius 1 is 1.11 bits per heavy atom. The maximum absolute atomic E-state index is 5.48. The highest BCUT2D eigenvalue weighted by Gasteiger charge is 2.01. The summed E-state index contributed by atoms with van der Waals surface area (Å²) in [5, 5.41) is 8.36. The molecule has 0 radical (unpaired) electrons. The normalized spacial score (nSPS) is 10.8. The summed E-state index contributed by atoms with van der Waals surface area (Å²) in [7, 11) is 0. The Morgan fingerprint density at radius 3 is 2.53 bits per heavy atom. The summed E-state index contributed by atoms with van der Waals surface area (Å²) in [6, 6.07) is 8.67. The zero-order chi connectivity index (χ0) is 13.5. The lowest BCUT2D eigenvalue weighted by molar-refractivity contribution is 0.648. The molecule has 0 atom stereocenters. The van der Waals surface area contributed by atoms with Crippen molar-refractivity contribution in [2.45, 2.75) is 39.2 Å². The molecule has 2 rings (SSSR count). The van der Waals surface area contributed by atoms with E-state index in [1.165, 1.54) is 11.1 Å². The summed E-state index contributed by atoms with van der Waals surface area (Å²) in [5.74, 6) is 0. The highest BCUT2D eigenvalue weighted by molar-refractivity contribution is 5.22. The maximum Gasteiger partial charge on any atom is 0.0827 e. The molecule has 0 bridgehead atoms. The minimum atomic E-state index is 0.748. The van der Waals surface area contributed by atoms with Gasteiger partial charge in [-0.3, -0.25) is 0 Å². The van der Waals surface area contributed by atoms with E-state index in [0.29, 0.717) is 0 Å². The van der Waals surface area contributed by atoms with Gasteiger partial charge in [-0.15, -0.1) is 5.10 Å². The lowest BCUT2D eigenvalue weighted by Crippen LogP contribution is -2.00. The van der Waals surface area contributed by atoms with E-state index < -0.39 is 0 Å². The number of unbranched alkanes of at least 4 members (excludes halogenated alkanes) is 1. The second-order valence-electron chi connectivity index (χ2n) is 4.82. The molecule has 1 aromatic carbocycles. The van der Waals surface area contributed by atoms with Crippen molar-refractivity contribution in [1.82, 2.24) is 15.0 Å². The largest absolute Gasteiger partial charge is 0.330 e. The van der Waals surface area contributed by atoms with Crippen molar-refractivity contribution >= 4 is 0 Å². The van der Waals surface area contributed by atoms with E-state index in [1.54, 1.807) is 0 Å². The van der Waals surface area contributed by atoms with Crippen LogP contribution in [0.4, 0.5) is 0 Å². The van der Waals surface area contributed by atoms with Crippen LogP contribution in [0.15, 0.2) is 30.5 Å². The van der Waals surface area contributed by atoms with Gasteiger partial charge in [0.25, 0.3) is 0 Å². The number of aromatic nitrogens is 3. The molecule has 102 valence electrons. The van der Waals surface area contributed by atoms with Crippen molar-refractivity contribution in [1.29, 1.82) is 0 Å². The van der Waals surface area contributed by atoms with Crippen LogP contribution in [0.3, 0.4) is 0 Å². The molecule has 0 fully saturated rings. The molecule has 0 amide bonds. The number of hydrogen-bond donors (Lipinski definition) is 1. The van der Waals surface area contributed by atoms with Gasteiger partial charge in [-0.2, -0.15) is 0 Å². The van der Waals surface area contributed by atoms with E-state index in [-0.39, 0.29) is 0 Å². The molecule has 0 aliphatic carbocycles. The number of rotatable bonds is 7. The first kappa shape index (κ1) is 13.7. The summed E-state index contributed by atoms with van der Waals surface area (Å²) in [6.07, 6.45) is 6.21. The number of nitrogens with zero attached hydrogens (tertiary/aromatic N) is 3. The van der Waals surface area contributed by atoms with Crippen LogP contribution in [-0.4, -0.2) is 21.5 Å². The molecule has 4 nitrogen and oxygen atoms in total.